The standard InChI is InChI=1S/C26H29ClF3N5O/c1-35(2)23-14-24(33-21-6-4-3-5-19(21)23)32-18-10-7-16(8-11-18)15-31-25(36)34-22-12-9-17(27)13-20(22)26(28,29)30/h3-6,9,12-14,16,18H,7-8,10-11,15H2,1-2H3,(H,32,33)(H2,31,34,36). The molecule has 1 aliphatic carbocycles. The maximum Gasteiger partial charge on any atom is 0.418 e. The van der Waals surface area contributed by atoms with E-state index in [-0.39, 0.29) is 22.7 Å². The number of halogens is 4. The van der Waals surface area contributed by atoms with Gasteiger partial charge in [-0.2, -0.15) is 13.2 Å². The summed E-state index contributed by atoms with van der Waals surface area (Å²) in [4.78, 5) is 19.1. The van der Waals surface area contributed by atoms with Crippen LogP contribution >= 0.6 is 11.6 Å². The number of para-hydroxylation sites is 1. The summed E-state index contributed by atoms with van der Waals surface area (Å²) < 4.78 is 39.7. The Morgan fingerprint density at radius 1 is 1.08 bits per heavy atom. The van der Waals surface area contributed by atoms with Crippen molar-refractivity contribution in [3.8, 4) is 0 Å². The fourth-order valence-corrected chi connectivity index (χ4v) is 4.76. The highest BCUT2D eigenvalue weighted by Gasteiger charge is 2.34. The third-order valence-electron chi connectivity index (χ3n) is 6.46. The van der Waals surface area contributed by atoms with Crippen LogP contribution < -0.4 is 20.9 Å². The molecular weight excluding hydrogens is 491 g/mol. The van der Waals surface area contributed by atoms with Gasteiger partial charge >= 0.3 is 12.2 Å². The minimum Gasteiger partial charge on any atom is -0.377 e. The van der Waals surface area contributed by atoms with Gasteiger partial charge in [0, 0.05) is 48.8 Å². The van der Waals surface area contributed by atoms with Gasteiger partial charge in [0.15, 0.2) is 0 Å². The summed E-state index contributed by atoms with van der Waals surface area (Å²) >= 11 is 5.69. The summed E-state index contributed by atoms with van der Waals surface area (Å²) in [6, 6.07) is 13.0. The van der Waals surface area contributed by atoms with Crippen LogP contribution in [-0.2, 0) is 6.18 Å². The molecule has 3 aromatic rings. The molecule has 1 fully saturated rings. The van der Waals surface area contributed by atoms with Crippen molar-refractivity contribution < 1.29 is 18.0 Å². The van der Waals surface area contributed by atoms with Crippen molar-refractivity contribution in [3.05, 3.63) is 59.1 Å². The van der Waals surface area contributed by atoms with Crippen molar-refractivity contribution in [3.63, 3.8) is 0 Å². The van der Waals surface area contributed by atoms with Crippen molar-refractivity contribution in [2.24, 2.45) is 5.92 Å². The van der Waals surface area contributed by atoms with Gasteiger partial charge in [-0.05, 0) is 55.9 Å². The van der Waals surface area contributed by atoms with Gasteiger partial charge in [-0.3, -0.25) is 0 Å². The van der Waals surface area contributed by atoms with Gasteiger partial charge in [0.25, 0.3) is 0 Å². The minimum atomic E-state index is -4.62. The molecular formula is C26H29ClF3N5O. The Kier molecular flexibility index (Phi) is 7.78. The molecule has 1 heterocycles. The number of rotatable bonds is 6. The van der Waals surface area contributed by atoms with E-state index in [0.717, 1.165) is 60.2 Å². The zero-order valence-corrected chi connectivity index (χ0v) is 20.9. The molecule has 0 unspecified atom stereocenters. The first kappa shape index (κ1) is 25.9. The lowest BCUT2D eigenvalue weighted by atomic mass is 9.86. The summed E-state index contributed by atoms with van der Waals surface area (Å²) in [5, 5.41) is 9.62. The second kappa shape index (κ2) is 10.8. The molecule has 6 nitrogen and oxygen atoms in total. The molecule has 1 saturated carbocycles. The van der Waals surface area contributed by atoms with Crippen LogP contribution in [-0.4, -0.2) is 37.7 Å². The number of nitrogens with one attached hydrogen (secondary N) is 3. The van der Waals surface area contributed by atoms with Crippen molar-refractivity contribution in [2.45, 2.75) is 37.9 Å². The molecule has 0 atom stereocenters. The number of hydrogen-bond donors (Lipinski definition) is 3. The molecule has 0 spiro atoms. The van der Waals surface area contributed by atoms with Gasteiger partial charge < -0.3 is 20.9 Å². The number of benzene rings is 2. The average molecular weight is 520 g/mol. The summed E-state index contributed by atoms with van der Waals surface area (Å²) in [5.74, 6) is 1.09. The SMILES string of the molecule is CN(C)c1cc(NC2CCC(CNC(=O)Nc3ccc(Cl)cc3C(F)(F)F)CC2)nc2ccccc12. The number of aromatic nitrogens is 1. The zero-order chi connectivity index (χ0) is 25.9. The third-order valence-corrected chi connectivity index (χ3v) is 6.70. The molecule has 192 valence electrons. The van der Waals surface area contributed by atoms with Crippen molar-refractivity contribution >= 4 is 45.7 Å². The lowest BCUT2D eigenvalue weighted by Gasteiger charge is -2.30. The van der Waals surface area contributed by atoms with E-state index in [1.165, 1.54) is 6.07 Å². The Morgan fingerprint density at radius 2 is 1.81 bits per heavy atom. The van der Waals surface area contributed by atoms with Crippen LogP contribution in [0.2, 0.25) is 5.02 Å². The highest BCUT2D eigenvalue weighted by atomic mass is 35.5. The number of fused-ring (bicyclic) bond motifs is 1. The Labute approximate surface area is 213 Å². The lowest BCUT2D eigenvalue weighted by molar-refractivity contribution is -0.136. The summed E-state index contributed by atoms with van der Waals surface area (Å²) in [6.45, 7) is 0.395. The first-order valence-electron chi connectivity index (χ1n) is 11.9. The highest BCUT2D eigenvalue weighted by Crippen LogP contribution is 2.36. The molecule has 0 radical (unpaired) electrons. The minimum absolute atomic E-state index is 0.0459. The fraction of sp³-hybridized carbons (Fsp3) is 0.385. The van der Waals surface area contributed by atoms with E-state index in [1.54, 1.807) is 0 Å². The molecule has 0 bridgehead atoms. The fourth-order valence-electron chi connectivity index (χ4n) is 4.58. The lowest BCUT2D eigenvalue weighted by Crippen LogP contribution is -2.36. The number of carbonyl (C=O) groups excluding carboxylic acids is 1. The number of hydrogen-bond acceptors (Lipinski definition) is 4. The maximum absolute atomic E-state index is 13.2. The monoisotopic (exact) mass is 519 g/mol. The smallest absolute Gasteiger partial charge is 0.377 e. The molecule has 1 aliphatic rings. The number of alkyl halides is 3. The molecule has 0 saturated heterocycles. The molecule has 3 N–H and O–H groups in total. The quantitative estimate of drug-likeness (QED) is 0.336. The van der Waals surface area contributed by atoms with Crippen LogP contribution in [0.3, 0.4) is 0 Å². The third kappa shape index (κ3) is 6.32. The van der Waals surface area contributed by atoms with E-state index in [0.29, 0.717) is 6.54 Å². The van der Waals surface area contributed by atoms with Gasteiger partial charge in [0.05, 0.1) is 16.8 Å². The molecule has 2 amide bonds. The molecule has 1 aromatic heterocycles. The van der Waals surface area contributed by atoms with Gasteiger partial charge in [0.2, 0.25) is 0 Å². The second-order valence-electron chi connectivity index (χ2n) is 9.32. The number of amides is 2. The van der Waals surface area contributed by atoms with E-state index >= 15 is 0 Å². The van der Waals surface area contributed by atoms with Gasteiger partial charge in [-0.15, -0.1) is 0 Å². The summed E-state index contributed by atoms with van der Waals surface area (Å²) in [6.07, 6.45) is -1.02. The van der Waals surface area contributed by atoms with Crippen LogP contribution in [0.1, 0.15) is 31.2 Å². The predicted molar refractivity (Wildman–Crippen MR) is 139 cm³/mol. The van der Waals surface area contributed by atoms with Gasteiger partial charge in [-0.1, -0.05) is 29.8 Å². The predicted octanol–water partition coefficient (Wildman–Crippen LogP) is 6.77. The molecule has 2 aromatic carbocycles. The Hall–Kier alpha value is -3.20. The maximum atomic E-state index is 13.2. The normalized spacial score (nSPS) is 18.1. The number of anilines is 3. The first-order chi connectivity index (χ1) is 17.1. The summed E-state index contributed by atoms with van der Waals surface area (Å²) in [5.41, 5.74) is 0.736. The van der Waals surface area contributed by atoms with Crippen LogP contribution in [0.25, 0.3) is 10.9 Å². The number of nitrogens with zero attached hydrogens (tertiary/aromatic N) is 2. The van der Waals surface area contributed by atoms with Crippen molar-refractivity contribution in [1.82, 2.24) is 10.3 Å². The number of urea groups is 1. The van der Waals surface area contributed by atoms with E-state index in [4.69, 9.17) is 16.6 Å². The Morgan fingerprint density at radius 3 is 2.50 bits per heavy atom. The van der Waals surface area contributed by atoms with Crippen LogP contribution in [0, 0.1) is 5.92 Å². The van der Waals surface area contributed by atoms with Gasteiger partial charge in [0.1, 0.15) is 5.82 Å². The Balaban J connectivity index is 1.29. The highest BCUT2D eigenvalue weighted by molar-refractivity contribution is 6.30. The number of pyridine rings is 1. The van der Waals surface area contributed by atoms with Crippen molar-refractivity contribution in [1.29, 1.82) is 0 Å². The second-order valence-corrected chi connectivity index (χ2v) is 9.76. The van der Waals surface area contributed by atoms with Crippen LogP contribution in [0.4, 0.5) is 35.2 Å². The number of carbonyl (C=O) groups is 1. The molecule has 10 heteroatoms. The zero-order valence-electron chi connectivity index (χ0n) is 20.1. The Bertz CT molecular complexity index is 1230. The largest absolute Gasteiger partial charge is 0.418 e. The van der Waals surface area contributed by atoms with E-state index in [2.05, 4.69) is 33.0 Å². The topological polar surface area (TPSA) is 69.3 Å². The van der Waals surface area contributed by atoms with Crippen molar-refractivity contribution in [2.75, 3.05) is 36.2 Å². The molecule has 4 rings (SSSR count). The summed E-state index contributed by atoms with van der Waals surface area (Å²) in [7, 11) is 4.02. The average Bonchev–Trinajstić information content (AvgIpc) is 2.83. The van der Waals surface area contributed by atoms with E-state index in [1.807, 2.05) is 32.3 Å². The first-order valence-corrected chi connectivity index (χ1v) is 12.2. The molecule has 36 heavy (non-hydrogen) atoms. The van der Waals surface area contributed by atoms with Crippen LogP contribution in [0.5, 0.6) is 0 Å². The molecule has 0 aliphatic heterocycles. The van der Waals surface area contributed by atoms with E-state index in [9.17, 15) is 18.0 Å². The van der Waals surface area contributed by atoms with E-state index < -0.39 is 17.8 Å². The van der Waals surface area contributed by atoms with Crippen LogP contribution in [0.15, 0.2) is 48.5 Å². The van der Waals surface area contributed by atoms with Gasteiger partial charge in [-0.25, -0.2) is 9.78 Å².